The number of carboxylic acids is 1. The number of ether oxygens (including phenoxy) is 2. The number of carboxylic acid groups (broad SMARTS) is 1. The van der Waals surface area contributed by atoms with E-state index in [9.17, 15) is 4.79 Å². The van der Waals surface area contributed by atoms with Gasteiger partial charge in [0.1, 0.15) is 0 Å². The molecule has 0 aromatic carbocycles. The van der Waals surface area contributed by atoms with Gasteiger partial charge in [-0.1, -0.05) is 0 Å². The first-order chi connectivity index (χ1) is 6.20. The fourth-order valence-electron chi connectivity index (χ4n) is 1.26. The lowest BCUT2D eigenvalue weighted by atomic mass is 10.1. The predicted molar refractivity (Wildman–Crippen MR) is 46.6 cm³/mol. The first kappa shape index (κ1) is 10.5. The summed E-state index contributed by atoms with van der Waals surface area (Å²) in [6.07, 6.45) is 2.59. The predicted octanol–water partition coefficient (Wildman–Crippen LogP) is 1.05. The molecular weight excluding hydrogens is 172 g/mol. The topological polar surface area (TPSA) is 55.8 Å². The Labute approximate surface area is 77.8 Å². The van der Waals surface area contributed by atoms with E-state index in [1.165, 1.54) is 6.92 Å². The number of carbonyl (C=O) groups is 1. The van der Waals surface area contributed by atoms with Crippen LogP contribution < -0.4 is 0 Å². The van der Waals surface area contributed by atoms with Gasteiger partial charge in [-0.05, 0) is 26.2 Å². The number of aliphatic carboxylic acids is 1. The van der Waals surface area contributed by atoms with E-state index in [-0.39, 0.29) is 6.10 Å². The normalized spacial score (nSPS) is 25.5. The van der Waals surface area contributed by atoms with Crippen molar-refractivity contribution in [1.82, 2.24) is 0 Å². The molecule has 1 rings (SSSR count). The molecule has 1 heterocycles. The van der Waals surface area contributed by atoms with Crippen molar-refractivity contribution in [3.8, 4) is 0 Å². The molecule has 1 saturated heterocycles. The van der Waals surface area contributed by atoms with Crippen LogP contribution in [-0.4, -0.2) is 36.5 Å². The highest BCUT2D eigenvalue weighted by Gasteiger charge is 2.17. The average Bonchev–Trinajstić information content (AvgIpc) is 2.15. The van der Waals surface area contributed by atoms with Crippen LogP contribution in [0.2, 0.25) is 0 Å². The van der Waals surface area contributed by atoms with Crippen molar-refractivity contribution in [2.24, 2.45) is 0 Å². The molecule has 76 valence electrons. The van der Waals surface area contributed by atoms with Gasteiger partial charge in [0.25, 0.3) is 0 Å². The zero-order chi connectivity index (χ0) is 9.68. The van der Waals surface area contributed by atoms with E-state index in [1.54, 1.807) is 0 Å². The molecule has 0 aromatic rings. The Morgan fingerprint density at radius 1 is 1.69 bits per heavy atom. The zero-order valence-electron chi connectivity index (χ0n) is 7.86. The van der Waals surface area contributed by atoms with Gasteiger partial charge in [-0.3, -0.25) is 0 Å². The van der Waals surface area contributed by atoms with Crippen LogP contribution in [0.4, 0.5) is 0 Å². The smallest absolute Gasteiger partial charge is 0.332 e. The molecule has 0 bridgehead atoms. The second kappa shape index (κ2) is 5.19. The van der Waals surface area contributed by atoms with Crippen molar-refractivity contribution in [2.45, 2.75) is 38.4 Å². The van der Waals surface area contributed by atoms with Gasteiger partial charge in [-0.25, -0.2) is 4.79 Å². The summed E-state index contributed by atoms with van der Waals surface area (Å²) in [4.78, 5) is 10.4. The fraction of sp³-hybridized carbons (Fsp3) is 0.889. The molecule has 4 heteroatoms. The molecule has 0 saturated carbocycles. The Morgan fingerprint density at radius 3 is 3.00 bits per heavy atom. The van der Waals surface area contributed by atoms with Crippen LogP contribution in [0, 0.1) is 0 Å². The quantitative estimate of drug-likeness (QED) is 0.716. The first-order valence-electron chi connectivity index (χ1n) is 4.66. The van der Waals surface area contributed by atoms with Crippen molar-refractivity contribution in [3.63, 3.8) is 0 Å². The third kappa shape index (κ3) is 3.74. The summed E-state index contributed by atoms with van der Waals surface area (Å²) in [5.41, 5.74) is 0. The first-order valence-corrected chi connectivity index (χ1v) is 4.66. The molecule has 1 aliphatic rings. The monoisotopic (exact) mass is 188 g/mol. The van der Waals surface area contributed by atoms with Gasteiger partial charge in [0, 0.05) is 6.61 Å². The maximum Gasteiger partial charge on any atom is 0.332 e. The van der Waals surface area contributed by atoms with E-state index in [0.29, 0.717) is 6.61 Å². The summed E-state index contributed by atoms with van der Waals surface area (Å²) >= 11 is 0. The van der Waals surface area contributed by atoms with Crippen molar-refractivity contribution < 1.29 is 19.4 Å². The molecule has 2 atom stereocenters. The van der Waals surface area contributed by atoms with Crippen molar-refractivity contribution in [3.05, 3.63) is 0 Å². The highest BCUT2D eigenvalue weighted by atomic mass is 16.5. The summed E-state index contributed by atoms with van der Waals surface area (Å²) in [6.45, 7) is 2.70. The van der Waals surface area contributed by atoms with Gasteiger partial charge in [-0.2, -0.15) is 0 Å². The average molecular weight is 188 g/mol. The molecule has 13 heavy (non-hydrogen) atoms. The maximum atomic E-state index is 10.4. The van der Waals surface area contributed by atoms with Gasteiger partial charge in [-0.15, -0.1) is 0 Å². The van der Waals surface area contributed by atoms with E-state index in [0.717, 1.165) is 25.9 Å². The Bertz CT molecular complexity index is 163. The molecule has 1 fully saturated rings. The largest absolute Gasteiger partial charge is 0.479 e. The van der Waals surface area contributed by atoms with E-state index < -0.39 is 12.1 Å². The van der Waals surface area contributed by atoms with Crippen LogP contribution in [0.3, 0.4) is 0 Å². The fourth-order valence-corrected chi connectivity index (χ4v) is 1.26. The Balaban J connectivity index is 2.13. The molecule has 0 aromatic heterocycles. The maximum absolute atomic E-state index is 10.4. The third-order valence-electron chi connectivity index (χ3n) is 2.15. The van der Waals surface area contributed by atoms with Crippen molar-refractivity contribution in [2.75, 3.05) is 13.2 Å². The van der Waals surface area contributed by atoms with Crippen LogP contribution in [-0.2, 0) is 14.3 Å². The lowest BCUT2D eigenvalue weighted by Gasteiger charge is -2.23. The minimum absolute atomic E-state index is 0.0931. The second-order valence-corrected chi connectivity index (χ2v) is 3.30. The van der Waals surface area contributed by atoms with E-state index >= 15 is 0 Å². The van der Waals surface area contributed by atoms with Crippen molar-refractivity contribution >= 4 is 5.97 Å². The van der Waals surface area contributed by atoms with E-state index in [1.807, 2.05) is 0 Å². The molecule has 1 aliphatic heterocycles. The van der Waals surface area contributed by atoms with Gasteiger partial charge in [0.05, 0.1) is 12.7 Å². The number of rotatable bonds is 4. The number of hydrogen-bond donors (Lipinski definition) is 1. The molecular formula is C9H16O4. The van der Waals surface area contributed by atoms with Crippen LogP contribution in [0.15, 0.2) is 0 Å². The molecule has 0 aliphatic carbocycles. The summed E-state index contributed by atoms with van der Waals surface area (Å²) < 4.78 is 10.5. The van der Waals surface area contributed by atoms with Crippen LogP contribution >= 0.6 is 0 Å². The standard InChI is InChI=1S/C9H16O4/c1-7(9(10)11)13-6-8-4-2-3-5-12-8/h7-8H,2-6H2,1H3,(H,10,11)/t7-,8+/m1/s1. The zero-order valence-corrected chi connectivity index (χ0v) is 7.86. The highest BCUT2D eigenvalue weighted by molar-refractivity contribution is 5.71. The summed E-state index contributed by atoms with van der Waals surface area (Å²) in [7, 11) is 0. The summed E-state index contributed by atoms with van der Waals surface area (Å²) in [6, 6.07) is 0. The molecule has 0 spiro atoms. The third-order valence-corrected chi connectivity index (χ3v) is 2.15. The molecule has 0 amide bonds. The van der Waals surface area contributed by atoms with E-state index in [4.69, 9.17) is 14.6 Å². The van der Waals surface area contributed by atoms with Crippen molar-refractivity contribution in [1.29, 1.82) is 0 Å². The Hall–Kier alpha value is -0.610. The van der Waals surface area contributed by atoms with Crippen LogP contribution in [0.1, 0.15) is 26.2 Å². The lowest BCUT2D eigenvalue weighted by molar-refractivity contribution is -0.152. The highest BCUT2D eigenvalue weighted by Crippen LogP contribution is 2.13. The minimum atomic E-state index is -0.921. The minimum Gasteiger partial charge on any atom is -0.479 e. The summed E-state index contributed by atoms with van der Waals surface area (Å²) in [5.74, 6) is -0.921. The molecule has 0 radical (unpaired) electrons. The Kier molecular flexibility index (Phi) is 4.18. The van der Waals surface area contributed by atoms with E-state index in [2.05, 4.69) is 0 Å². The van der Waals surface area contributed by atoms with Crippen LogP contribution in [0.5, 0.6) is 0 Å². The SMILES string of the molecule is C[C@@H](OC[C@@H]1CCCCO1)C(=O)O. The lowest BCUT2D eigenvalue weighted by Crippen LogP contribution is -2.29. The van der Waals surface area contributed by atoms with Gasteiger partial charge in [0.2, 0.25) is 0 Å². The van der Waals surface area contributed by atoms with Crippen LogP contribution in [0.25, 0.3) is 0 Å². The molecule has 4 nitrogen and oxygen atoms in total. The van der Waals surface area contributed by atoms with Gasteiger partial charge < -0.3 is 14.6 Å². The molecule has 0 unspecified atom stereocenters. The van der Waals surface area contributed by atoms with Gasteiger partial charge in [0.15, 0.2) is 6.10 Å². The second-order valence-electron chi connectivity index (χ2n) is 3.30. The number of hydrogen-bond acceptors (Lipinski definition) is 3. The molecule has 1 N–H and O–H groups in total. The Morgan fingerprint density at radius 2 is 2.46 bits per heavy atom. The van der Waals surface area contributed by atoms with Gasteiger partial charge >= 0.3 is 5.97 Å². The summed E-state index contributed by atoms with van der Waals surface area (Å²) in [5, 5.41) is 8.55.